The first kappa shape index (κ1) is 23.1. The molecule has 0 bridgehead atoms. The maximum Gasteiger partial charge on any atom is 0.311 e. The molecule has 0 aromatic heterocycles. The van der Waals surface area contributed by atoms with E-state index in [2.05, 4.69) is 75.9 Å². The SMILES string of the molecule is C=CC(CO[Si](c1ccccc1)(c1ccccc1)C(C)(C)C)C(C)(C)C(=O)OC. The molecule has 156 valence electrons. The Kier molecular flexibility index (Phi) is 7.25. The van der Waals surface area contributed by atoms with Crippen LogP contribution in [0.2, 0.25) is 5.04 Å². The summed E-state index contributed by atoms with van der Waals surface area (Å²) >= 11 is 0. The fourth-order valence-corrected chi connectivity index (χ4v) is 8.55. The summed E-state index contributed by atoms with van der Waals surface area (Å²) in [5, 5.41) is 2.33. The minimum absolute atomic E-state index is 0.114. The molecule has 0 aliphatic carbocycles. The molecule has 29 heavy (non-hydrogen) atoms. The Labute approximate surface area is 176 Å². The van der Waals surface area contributed by atoms with Crippen LogP contribution < -0.4 is 10.4 Å². The lowest BCUT2D eigenvalue weighted by atomic mass is 9.79. The van der Waals surface area contributed by atoms with E-state index in [9.17, 15) is 4.79 Å². The Bertz CT molecular complexity index is 767. The second-order valence-electron chi connectivity index (χ2n) is 9.03. The maximum absolute atomic E-state index is 12.4. The van der Waals surface area contributed by atoms with Crippen LogP contribution in [-0.2, 0) is 14.0 Å². The summed E-state index contributed by atoms with van der Waals surface area (Å²) in [6.07, 6.45) is 1.81. The minimum Gasteiger partial charge on any atom is -0.469 e. The summed E-state index contributed by atoms with van der Waals surface area (Å²) in [6, 6.07) is 21.0. The second-order valence-corrected chi connectivity index (χ2v) is 13.3. The zero-order valence-corrected chi connectivity index (χ0v) is 19.6. The molecule has 1 unspecified atom stereocenters. The average Bonchev–Trinajstić information content (AvgIpc) is 2.70. The molecule has 0 aliphatic heterocycles. The van der Waals surface area contributed by atoms with Crippen molar-refractivity contribution in [2.45, 2.75) is 39.7 Å². The average molecular weight is 411 g/mol. The highest BCUT2D eigenvalue weighted by Crippen LogP contribution is 2.38. The summed E-state index contributed by atoms with van der Waals surface area (Å²) in [5.74, 6) is -0.426. The molecule has 2 aromatic rings. The van der Waals surface area contributed by atoms with Crippen molar-refractivity contribution in [3.05, 3.63) is 73.3 Å². The van der Waals surface area contributed by atoms with Gasteiger partial charge < -0.3 is 9.16 Å². The topological polar surface area (TPSA) is 35.5 Å². The molecular formula is C25H34O3Si. The van der Waals surface area contributed by atoms with E-state index in [0.29, 0.717) is 6.61 Å². The van der Waals surface area contributed by atoms with E-state index < -0.39 is 13.7 Å². The summed E-state index contributed by atoms with van der Waals surface area (Å²) in [7, 11) is -1.23. The van der Waals surface area contributed by atoms with Gasteiger partial charge in [0.25, 0.3) is 8.32 Å². The van der Waals surface area contributed by atoms with Crippen molar-refractivity contribution in [3.63, 3.8) is 0 Å². The van der Waals surface area contributed by atoms with Crippen LogP contribution in [-0.4, -0.2) is 28.0 Å². The number of hydrogen-bond donors (Lipinski definition) is 0. The van der Waals surface area contributed by atoms with Gasteiger partial charge in [0.2, 0.25) is 0 Å². The van der Waals surface area contributed by atoms with Crippen LogP contribution in [0.3, 0.4) is 0 Å². The number of methoxy groups -OCH3 is 1. The van der Waals surface area contributed by atoms with E-state index in [4.69, 9.17) is 9.16 Å². The maximum atomic E-state index is 12.4. The van der Waals surface area contributed by atoms with Gasteiger partial charge in [0.15, 0.2) is 0 Å². The van der Waals surface area contributed by atoms with E-state index >= 15 is 0 Å². The van der Waals surface area contributed by atoms with E-state index in [1.54, 1.807) is 0 Å². The number of rotatable bonds is 8. The monoisotopic (exact) mass is 410 g/mol. The number of ether oxygens (including phenoxy) is 1. The highest BCUT2D eigenvalue weighted by molar-refractivity contribution is 6.99. The van der Waals surface area contributed by atoms with Crippen LogP contribution in [0, 0.1) is 11.3 Å². The zero-order valence-electron chi connectivity index (χ0n) is 18.6. The Morgan fingerprint density at radius 3 is 1.76 bits per heavy atom. The van der Waals surface area contributed by atoms with Crippen molar-refractivity contribution in [3.8, 4) is 0 Å². The first-order valence-corrected chi connectivity index (χ1v) is 12.0. The van der Waals surface area contributed by atoms with E-state index in [1.807, 2.05) is 32.1 Å². The quantitative estimate of drug-likeness (QED) is 0.363. The molecule has 0 N–H and O–H groups in total. The molecule has 0 aliphatic rings. The highest BCUT2D eigenvalue weighted by atomic mass is 28.4. The van der Waals surface area contributed by atoms with Gasteiger partial charge in [-0.25, -0.2) is 0 Å². The van der Waals surface area contributed by atoms with Gasteiger partial charge in [-0.2, -0.15) is 0 Å². The van der Waals surface area contributed by atoms with E-state index in [1.165, 1.54) is 17.5 Å². The third-order valence-electron chi connectivity index (χ3n) is 5.82. The first-order chi connectivity index (χ1) is 13.6. The van der Waals surface area contributed by atoms with Gasteiger partial charge in [0, 0.05) is 12.5 Å². The largest absolute Gasteiger partial charge is 0.469 e. The minimum atomic E-state index is -2.65. The van der Waals surface area contributed by atoms with Crippen LogP contribution in [0.25, 0.3) is 0 Å². The van der Waals surface area contributed by atoms with Crippen molar-refractivity contribution in [1.29, 1.82) is 0 Å². The molecule has 0 amide bonds. The standard InChI is InChI=1S/C25H34O3Si/c1-8-20(25(5,6)23(26)27-7)19-28-29(24(2,3)4,21-15-11-9-12-16-21)22-17-13-10-14-18-22/h8-18,20H,1,19H2,2-7H3. The predicted octanol–water partition coefficient (Wildman–Crippen LogP) is 4.56. The number of hydrogen-bond acceptors (Lipinski definition) is 3. The van der Waals surface area contributed by atoms with Gasteiger partial charge in [-0.15, -0.1) is 6.58 Å². The van der Waals surface area contributed by atoms with E-state index in [-0.39, 0.29) is 16.9 Å². The van der Waals surface area contributed by atoms with Crippen molar-refractivity contribution in [1.82, 2.24) is 0 Å². The number of carbonyl (C=O) groups is 1. The van der Waals surface area contributed by atoms with Gasteiger partial charge in [-0.1, -0.05) is 87.5 Å². The van der Waals surface area contributed by atoms with Crippen LogP contribution in [0.5, 0.6) is 0 Å². The molecule has 2 aromatic carbocycles. The number of esters is 1. The van der Waals surface area contributed by atoms with Gasteiger partial charge >= 0.3 is 5.97 Å². The Hall–Kier alpha value is -2.17. The summed E-state index contributed by atoms with van der Waals surface area (Å²) in [5.41, 5.74) is -0.720. The van der Waals surface area contributed by atoms with Gasteiger partial charge in [0.05, 0.1) is 12.5 Å². The van der Waals surface area contributed by atoms with Crippen molar-refractivity contribution in [2.24, 2.45) is 11.3 Å². The molecule has 2 rings (SSSR count). The second kappa shape index (κ2) is 9.10. The smallest absolute Gasteiger partial charge is 0.311 e. The van der Waals surface area contributed by atoms with Crippen molar-refractivity contribution >= 4 is 24.7 Å². The van der Waals surface area contributed by atoms with Crippen LogP contribution in [0.4, 0.5) is 0 Å². The Morgan fingerprint density at radius 2 is 1.41 bits per heavy atom. The van der Waals surface area contributed by atoms with Gasteiger partial charge in [-0.3, -0.25) is 4.79 Å². The molecule has 3 nitrogen and oxygen atoms in total. The van der Waals surface area contributed by atoms with E-state index in [0.717, 1.165) is 0 Å². The number of carbonyl (C=O) groups excluding carboxylic acids is 1. The summed E-state index contributed by atoms with van der Waals surface area (Å²) in [4.78, 5) is 12.4. The van der Waals surface area contributed by atoms with Gasteiger partial charge in [-0.05, 0) is 29.3 Å². The molecule has 0 heterocycles. The molecule has 0 fully saturated rings. The summed E-state index contributed by atoms with van der Waals surface area (Å²) < 4.78 is 12.0. The molecule has 0 spiro atoms. The zero-order chi connectivity index (χ0) is 21.7. The Balaban J connectivity index is 2.57. The fraction of sp³-hybridized carbons (Fsp3) is 0.400. The number of benzene rings is 2. The van der Waals surface area contributed by atoms with Crippen LogP contribution in [0.1, 0.15) is 34.6 Å². The fourth-order valence-electron chi connectivity index (χ4n) is 3.96. The molecule has 0 radical (unpaired) electrons. The highest BCUT2D eigenvalue weighted by Gasteiger charge is 2.51. The molecule has 0 saturated carbocycles. The van der Waals surface area contributed by atoms with Crippen LogP contribution >= 0.6 is 0 Å². The normalized spacial score (nSPS) is 13.6. The van der Waals surface area contributed by atoms with Crippen LogP contribution in [0.15, 0.2) is 73.3 Å². The third-order valence-corrected chi connectivity index (χ3v) is 10.8. The summed E-state index contributed by atoms with van der Waals surface area (Å²) in [6.45, 7) is 14.9. The van der Waals surface area contributed by atoms with Crippen molar-refractivity contribution in [2.75, 3.05) is 13.7 Å². The predicted molar refractivity (Wildman–Crippen MR) is 123 cm³/mol. The lowest BCUT2D eigenvalue weighted by Crippen LogP contribution is -2.67. The molecular weight excluding hydrogens is 376 g/mol. The Morgan fingerprint density at radius 1 is 0.966 bits per heavy atom. The third kappa shape index (κ3) is 4.54. The van der Waals surface area contributed by atoms with Gasteiger partial charge in [0.1, 0.15) is 0 Å². The first-order valence-electron chi connectivity index (χ1n) is 10.1. The molecule has 0 saturated heterocycles. The molecule has 4 heteroatoms. The van der Waals surface area contributed by atoms with Crippen molar-refractivity contribution < 1.29 is 14.0 Å². The molecule has 1 atom stereocenters. The lowest BCUT2D eigenvalue weighted by molar-refractivity contribution is -0.153. The lowest BCUT2D eigenvalue weighted by Gasteiger charge is -2.44.